The number of ether oxygens (including phenoxy) is 1. The van der Waals surface area contributed by atoms with Crippen molar-refractivity contribution in [1.82, 2.24) is 19.5 Å². The minimum Gasteiger partial charge on any atom is -0.369 e. The molecule has 0 amide bonds. The van der Waals surface area contributed by atoms with Crippen LogP contribution in [0.5, 0.6) is 0 Å². The van der Waals surface area contributed by atoms with Gasteiger partial charge in [-0.25, -0.2) is 4.98 Å². The van der Waals surface area contributed by atoms with E-state index in [0.29, 0.717) is 12.1 Å². The Balaban J connectivity index is 1.87. The van der Waals surface area contributed by atoms with Crippen LogP contribution in [0.2, 0.25) is 0 Å². The Hall–Kier alpha value is -2.00. The molecule has 2 aromatic heterocycles. The number of H-pyrrole nitrogens is 1. The lowest BCUT2D eigenvalue weighted by molar-refractivity contribution is 0.0954. The topological polar surface area (TPSA) is 156 Å². The fraction of sp³-hybridized carbons (Fsp3) is 0.417. The molecule has 1 aliphatic rings. The Morgan fingerprint density at radius 2 is 2.30 bits per heavy atom. The molecule has 0 aromatic carbocycles. The molecule has 10 nitrogen and oxygen atoms in total. The number of imidazole rings is 1. The number of rotatable bonds is 4. The van der Waals surface area contributed by atoms with Crippen molar-refractivity contribution in [3.63, 3.8) is 0 Å². The fourth-order valence-corrected chi connectivity index (χ4v) is 3.02. The van der Waals surface area contributed by atoms with E-state index in [0.717, 1.165) is 5.57 Å². The zero-order valence-electron chi connectivity index (χ0n) is 12.2. The van der Waals surface area contributed by atoms with Crippen molar-refractivity contribution in [1.29, 1.82) is 0 Å². The zero-order chi connectivity index (χ0) is 16.8. The summed E-state index contributed by atoms with van der Waals surface area (Å²) in [6.07, 6.45) is 2.80. The number of hydrogen-bond acceptors (Lipinski definition) is 6. The molecule has 23 heavy (non-hydrogen) atoms. The van der Waals surface area contributed by atoms with E-state index in [1.807, 2.05) is 13.0 Å². The lowest BCUT2D eigenvalue weighted by Gasteiger charge is -2.16. The molecular weight excluding hydrogens is 325 g/mol. The van der Waals surface area contributed by atoms with Crippen LogP contribution in [0.25, 0.3) is 11.2 Å². The molecule has 0 aliphatic heterocycles. The first kappa shape index (κ1) is 15.9. The van der Waals surface area contributed by atoms with E-state index in [2.05, 4.69) is 15.0 Å². The van der Waals surface area contributed by atoms with Gasteiger partial charge in [0.15, 0.2) is 11.2 Å². The Morgan fingerprint density at radius 1 is 1.57 bits per heavy atom. The van der Waals surface area contributed by atoms with Gasteiger partial charge in [-0.3, -0.25) is 14.3 Å². The van der Waals surface area contributed by atoms with Crippen molar-refractivity contribution >= 4 is 24.7 Å². The van der Waals surface area contributed by atoms with Gasteiger partial charge in [0.05, 0.1) is 18.5 Å². The number of fused-ring (bicyclic) bond motifs is 1. The number of allylic oxidation sites excluding steroid dienone is 1. The average molecular weight is 341 g/mol. The van der Waals surface area contributed by atoms with Crippen LogP contribution in [0.15, 0.2) is 22.8 Å². The van der Waals surface area contributed by atoms with Crippen molar-refractivity contribution in [3.8, 4) is 0 Å². The van der Waals surface area contributed by atoms with Gasteiger partial charge in [0.2, 0.25) is 5.95 Å². The highest BCUT2D eigenvalue weighted by atomic mass is 31.2. The zero-order valence-corrected chi connectivity index (χ0v) is 13.1. The Kier molecular flexibility index (Phi) is 3.85. The predicted octanol–water partition coefficient (Wildman–Crippen LogP) is 0.113. The van der Waals surface area contributed by atoms with E-state index in [9.17, 15) is 9.36 Å². The van der Waals surface area contributed by atoms with Crippen LogP contribution in [-0.2, 0) is 9.30 Å². The Morgan fingerprint density at radius 3 is 3.00 bits per heavy atom. The number of anilines is 1. The van der Waals surface area contributed by atoms with Gasteiger partial charge in [0.1, 0.15) is 6.35 Å². The number of hydrogen-bond donors (Lipinski definition) is 4. The molecule has 0 fully saturated rings. The Bertz CT molecular complexity index is 882. The molecule has 2 atom stereocenters. The summed E-state index contributed by atoms with van der Waals surface area (Å²) in [5.74, 6) is -0.00255. The second-order valence-corrected chi connectivity index (χ2v) is 7.03. The molecule has 0 bridgehead atoms. The normalized spacial score (nSPS) is 21.8. The van der Waals surface area contributed by atoms with Crippen molar-refractivity contribution in [2.24, 2.45) is 0 Å². The number of nitrogens with two attached hydrogens (primary N) is 1. The molecule has 3 rings (SSSR count). The first-order valence-electron chi connectivity index (χ1n) is 6.81. The first-order chi connectivity index (χ1) is 10.7. The molecule has 0 spiro atoms. The third-order valence-corrected chi connectivity index (χ3v) is 4.16. The summed E-state index contributed by atoms with van der Waals surface area (Å²) in [4.78, 5) is 40.1. The second-order valence-electron chi connectivity index (χ2n) is 5.44. The van der Waals surface area contributed by atoms with Crippen molar-refractivity contribution in [3.05, 3.63) is 28.3 Å². The van der Waals surface area contributed by atoms with Crippen LogP contribution >= 0.6 is 7.60 Å². The summed E-state index contributed by atoms with van der Waals surface area (Å²) in [6.45, 7) is 1.82. The molecular formula is C12H16N5O5P. The van der Waals surface area contributed by atoms with Gasteiger partial charge in [0, 0.05) is 6.42 Å². The van der Waals surface area contributed by atoms with E-state index in [4.69, 9.17) is 20.3 Å². The monoisotopic (exact) mass is 341 g/mol. The lowest BCUT2D eigenvalue weighted by Crippen LogP contribution is -2.16. The average Bonchev–Trinajstić information content (AvgIpc) is 2.99. The van der Waals surface area contributed by atoms with Gasteiger partial charge in [0.25, 0.3) is 5.56 Å². The lowest BCUT2D eigenvalue weighted by atomic mass is 10.2. The maximum atomic E-state index is 11.8. The maximum Gasteiger partial charge on any atom is 0.351 e. The highest BCUT2D eigenvalue weighted by Crippen LogP contribution is 2.38. The van der Waals surface area contributed by atoms with Crippen molar-refractivity contribution < 1.29 is 19.1 Å². The summed E-state index contributed by atoms with van der Waals surface area (Å²) >= 11 is 0. The quantitative estimate of drug-likeness (QED) is 0.451. The van der Waals surface area contributed by atoms with Crippen LogP contribution in [0.1, 0.15) is 19.4 Å². The summed E-state index contributed by atoms with van der Waals surface area (Å²) in [5, 5.41) is 0. The van der Waals surface area contributed by atoms with E-state index < -0.39 is 25.6 Å². The standard InChI is InChI=1S/C12H16N5O5P/c1-6-2-7(3-8(6)22-5-23(19,20)21)17-4-14-9-10(17)15-12(13)16-11(9)18/h2,4,7-8H,3,5H2,1H3,(H2,19,20,21)(H3,13,15,16,18)/t7-,8-/m0/s1. The highest BCUT2D eigenvalue weighted by molar-refractivity contribution is 7.51. The largest absolute Gasteiger partial charge is 0.369 e. The molecule has 2 heterocycles. The summed E-state index contributed by atoms with van der Waals surface area (Å²) < 4.78 is 17.9. The van der Waals surface area contributed by atoms with Crippen LogP contribution < -0.4 is 11.3 Å². The summed E-state index contributed by atoms with van der Waals surface area (Å²) in [6, 6.07) is -0.185. The van der Waals surface area contributed by atoms with Crippen molar-refractivity contribution in [2.45, 2.75) is 25.5 Å². The predicted molar refractivity (Wildman–Crippen MR) is 81.8 cm³/mol. The van der Waals surface area contributed by atoms with Gasteiger partial charge >= 0.3 is 7.60 Å². The van der Waals surface area contributed by atoms with E-state index in [1.54, 1.807) is 4.57 Å². The molecule has 124 valence electrons. The van der Waals surface area contributed by atoms with Gasteiger partial charge in [-0.15, -0.1) is 0 Å². The van der Waals surface area contributed by atoms with Crippen LogP contribution in [0, 0.1) is 0 Å². The van der Waals surface area contributed by atoms with Gasteiger partial charge in [-0.1, -0.05) is 6.08 Å². The van der Waals surface area contributed by atoms with E-state index in [1.165, 1.54) is 6.33 Å². The molecule has 2 aromatic rings. The first-order valence-corrected chi connectivity index (χ1v) is 8.61. The number of nitrogens with one attached hydrogen (secondary N) is 1. The molecule has 0 radical (unpaired) electrons. The van der Waals surface area contributed by atoms with Crippen molar-refractivity contribution in [2.75, 3.05) is 12.1 Å². The van der Waals surface area contributed by atoms with Gasteiger partial charge in [-0.05, 0) is 12.5 Å². The minimum atomic E-state index is -4.22. The summed E-state index contributed by atoms with van der Waals surface area (Å²) in [7, 11) is -4.22. The van der Waals surface area contributed by atoms with Gasteiger partial charge in [-0.2, -0.15) is 4.98 Å². The van der Waals surface area contributed by atoms with E-state index >= 15 is 0 Å². The smallest absolute Gasteiger partial charge is 0.351 e. The number of aromatic amines is 1. The highest BCUT2D eigenvalue weighted by Gasteiger charge is 2.29. The number of nitrogens with zero attached hydrogens (tertiary/aromatic N) is 3. The fourth-order valence-electron chi connectivity index (χ4n) is 2.65. The molecule has 11 heteroatoms. The molecule has 0 unspecified atom stereocenters. The third-order valence-electron chi connectivity index (χ3n) is 3.67. The number of nitrogen functional groups attached to an aromatic ring is 1. The van der Waals surface area contributed by atoms with Crippen LogP contribution in [0.4, 0.5) is 5.95 Å². The van der Waals surface area contributed by atoms with Crippen LogP contribution in [-0.4, -0.2) is 41.8 Å². The molecule has 0 saturated carbocycles. The third kappa shape index (κ3) is 3.20. The maximum absolute atomic E-state index is 11.8. The summed E-state index contributed by atoms with van der Waals surface area (Å²) in [5.41, 5.74) is 6.54. The molecule has 0 saturated heterocycles. The molecule has 1 aliphatic carbocycles. The SMILES string of the molecule is CC1=C[C@H](n2cnc3c(=O)[nH]c(N)nc32)C[C@@H]1OCP(=O)(O)O. The van der Waals surface area contributed by atoms with Crippen LogP contribution in [0.3, 0.4) is 0 Å². The second kappa shape index (κ2) is 5.57. The minimum absolute atomic E-state index is 0.00255. The van der Waals surface area contributed by atoms with E-state index in [-0.39, 0.29) is 17.5 Å². The van der Waals surface area contributed by atoms with Gasteiger partial charge < -0.3 is 24.8 Å². The number of aromatic nitrogens is 4. The molecule has 5 N–H and O–H groups in total. The Labute approximate surface area is 130 Å².